The Hall–Kier alpha value is -1.41. The van der Waals surface area contributed by atoms with Crippen LogP contribution in [0.1, 0.15) is 12.5 Å². The lowest BCUT2D eigenvalue weighted by Gasteiger charge is -2.10. The molecule has 0 fully saturated rings. The largest absolute Gasteiger partial charge is 0.488 e. The van der Waals surface area contributed by atoms with Gasteiger partial charge in [-0.25, -0.2) is 0 Å². The summed E-state index contributed by atoms with van der Waals surface area (Å²) >= 11 is 1.81. The fourth-order valence-electron chi connectivity index (χ4n) is 1.58. The first-order chi connectivity index (χ1) is 8.40. The van der Waals surface area contributed by atoms with Crippen LogP contribution in [0, 0.1) is 0 Å². The van der Waals surface area contributed by atoms with Crippen LogP contribution in [-0.4, -0.2) is 5.75 Å². The molecule has 0 aromatic heterocycles. The molecular formula is C15H16OS. The number of ether oxygens (including phenoxy) is 1. The smallest absolute Gasteiger partial charge is 0.133 e. The van der Waals surface area contributed by atoms with Crippen LogP contribution < -0.4 is 4.74 Å². The average Bonchev–Trinajstić information content (AvgIpc) is 2.39. The van der Waals surface area contributed by atoms with Crippen LogP contribution in [-0.2, 0) is 6.61 Å². The van der Waals surface area contributed by atoms with E-state index in [1.165, 1.54) is 10.5 Å². The third-order valence-corrected chi connectivity index (χ3v) is 3.32. The topological polar surface area (TPSA) is 9.23 Å². The molecule has 0 saturated carbocycles. The molecule has 0 heterocycles. The van der Waals surface area contributed by atoms with Crippen LogP contribution in [0.5, 0.6) is 5.75 Å². The van der Waals surface area contributed by atoms with Crippen molar-refractivity contribution in [3.05, 3.63) is 60.2 Å². The van der Waals surface area contributed by atoms with Gasteiger partial charge in [0.25, 0.3) is 0 Å². The molecule has 0 aliphatic heterocycles. The van der Waals surface area contributed by atoms with Crippen molar-refractivity contribution in [3.63, 3.8) is 0 Å². The van der Waals surface area contributed by atoms with E-state index in [9.17, 15) is 0 Å². The van der Waals surface area contributed by atoms with E-state index in [1.54, 1.807) is 0 Å². The summed E-state index contributed by atoms with van der Waals surface area (Å²) in [7, 11) is 0. The van der Waals surface area contributed by atoms with E-state index in [0.717, 1.165) is 11.5 Å². The van der Waals surface area contributed by atoms with Gasteiger partial charge in [-0.15, -0.1) is 11.8 Å². The maximum absolute atomic E-state index is 5.85. The zero-order chi connectivity index (χ0) is 11.9. The van der Waals surface area contributed by atoms with Gasteiger partial charge in [-0.05, 0) is 23.4 Å². The minimum Gasteiger partial charge on any atom is -0.488 e. The highest BCUT2D eigenvalue weighted by Gasteiger charge is 2.02. The Balaban J connectivity index is 2.03. The molecule has 1 nitrogen and oxygen atoms in total. The van der Waals surface area contributed by atoms with Gasteiger partial charge in [-0.3, -0.25) is 0 Å². The Kier molecular flexibility index (Phi) is 4.51. The maximum Gasteiger partial charge on any atom is 0.133 e. The van der Waals surface area contributed by atoms with Crippen molar-refractivity contribution in [2.24, 2.45) is 0 Å². The molecule has 88 valence electrons. The summed E-state index contributed by atoms with van der Waals surface area (Å²) in [4.78, 5) is 1.21. The molecule has 0 atom stereocenters. The summed E-state index contributed by atoms with van der Waals surface area (Å²) in [5.74, 6) is 2.04. The number of thioether (sulfide) groups is 1. The fourth-order valence-corrected chi connectivity index (χ4v) is 2.33. The van der Waals surface area contributed by atoms with Gasteiger partial charge in [-0.2, -0.15) is 0 Å². The van der Waals surface area contributed by atoms with Crippen molar-refractivity contribution in [1.29, 1.82) is 0 Å². The van der Waals surface area contributed by atoms with E-state index in [1.807, 2.05) is 48.2 Å². The Morgan fingerprint density at radius 3 is 2.41 bits per heavy atom. The molecule has 0 N–H and O–H groups in total. The summed E-state index contributed by atoms with van der Waals surface area (Å²) in [6.45, 7) is 2.78. The molecule has 2 aromatic carbocycles. The molecular weight excluding hydrogens is 228 g/mol. The highest BCUT2D eigenvalue weighted by Crippen LogP contribution is 2.29. The van der Waals surface area contributed by atoms with Gasteiger partial charge in [-0.1, -0.05) is 49.4 Å². The second-order valence-corrected chi connectivity index (χ2v) is 4.96. The predicted molar refractivity (Wildman–Crippen MR) is 73.6 cm³/mol. The third-order valence-electron chi connectivity index (χ3n) is 2.39. The number of para-hydroxylation sites is 1. The van der Waals surface area contributed by atoms with Gasteiger partial charge in [0, 0.05) is 4.90 Å². The lowest BCUT2D eigenvalue weighted by Crippen LogP contribution is -1.96. The third kappa shape index (κ3) is 3.53. The number of hydrogen-bond donors (Lipinski definition) is 0. The second kappa shape index (κ2) is 6.36. The van der Waals surface area contributed by atoms with E-state index in [2.05, 4.69) is 25.1 Å². The van der Waals surface area contributed by atoms with Gasteiger partial charge in [0.1, 0.15) is 12.4 Å². The molecule has 0 aliphatic carbocycles. The van der Waals surface area contributed by atoms with E-state index in [4.69, 9.17) is 4.74 Å². The summed E-state index contributed by atoms with van der Waals surface area (Å²) in [6.07, 6.45) is 0. The highest BCUT2D eigenvalue weighted by molar-refractivity contribution is 7.99. The van der Waals surface area contributed by atoms with Crippen molar-refractivity contribution in [2.75, 3.05) is 5.75 Å². The molecule has 0 amide bonds. The first kappa shape index (κ1) is 12.1. The van der Waals surface area contributed by atoms with Crippen molar-refractivity contribution < 1.29 is 4.74 Å². The minimum absolute atomic E-state index is 0.627. The number of hydrogen-bond acceptors (Lipinski definition) is 2. The standard InChI is InChI=1S/C15H16OS/c1-2-17-15-11-7-6-10-14(15)16-12-13-8-4-3-5-9-13/h3-11H,2,12H2,1H3. The first-order valence-corrected chi connectivity index (χ1v) is 6.77. The second-order valence-electron chi connectivity index (χ2n) is 3.65. The Morgan fingerprint density at radius 1 is 0.941 bits per heavy atom. The van der Waals surface area contributed by atoms with Gasteiger partial charge in [0.15, 0.2) is 0 Å². The van der Waals surface area contributed by atoms with Gasteiger partial charge in [0.05, 0.1) is 0 Å². The molecule has 2 heteroatoms. The lowest BCUT2D eigenvalue weighted by atomic mass is 10.2. The van der Waals surface area contributed by atoms with Crippen molar-refractivity contribution >= 4 is 11.8 Å². The first-order valence-electron chi connectivity index (χ1n) is 5.78. The number of rotatable bonds is 5. The molecule has 2 rings (SSSR count). The summed E-state index contributed by atoms with van der Waals surface area (Å²) < 4.78 is 5.85. The van der Waals surface area contributed by atoms with Crippen LogP contribution in [0.25, 0.3) is 0 Å². The minimum atomic E-state index is 0.627. The summed E-state index contributed by atoms with van der Waals surface area (Å²) in [5.41, 5.74) is 1.20. The van der Waals surface area contributed by atoms with Crippen LogP contribution in [0.4, 0.5) is 0 Å². The normalized spacial score (nSPS) is 10.2. The van der Waals surface area contributed by atoms with E-state index in [-0.39, 0.29) is 0 Å². The van der Waals surface area contributed by atoms with Crippen molar-refractivity contribution in [3.8, 4) is 5.75 Å². The summed E-state index contributed by atoms with van der Waals surface area (Å²) in [6, 6.07) is 18.4. The fraction of sp³-hybridized carbons (Fsp3) is 0.200. The van der Waals surface area contributed by atoms with Crippen LogP contribution in [0.15, 0.2) is 59.5 Å². The summed E-state index contributed by atoms with van der Waals surface area (Å²) in [5, 5.41) is 0. The maximum atomic E-state index is 5.85. The zero-order valence-electron chi connectivity index (χ0n) is 9.93. The molecule has 0 bridgehead atoms. The monoisotopic (exact) mass is 244 g/mol. The van der Waals surface area contributed by atoms with E-state index in [0.29, 0.717) is 6.61 Å². The van der Waals surface area contributed by atoms with E-state index >= 15 is 0 Å². The van der Waals surface area contributed by atoms with Crippen LogP contribution in [0.2, 0.25) is 0 Å². The molecule has 0 radical (unpaired) electrons. The van der Waals surface area contributed by atoms with Gasteiger partial charge >= 0.3 is 0 Å². The quantitative estimate of drug-likeness (QED) is 0.722. The Morgan fingerprint density at radius 2 is 1.65 bits per heavy atom. The highest BCUT2D eigenvalue weighted by atomic mass is 32.2. The molecule has 2 aromatic rings. The molecule has 0 spiro atoms. The average molecular weight is 244 g/mol. The van der Waals surface area contributed by atoms with Gasteiger partial charge < -0.3 is 4.74 Å². The van der Waals surface area contributed by atoms with Crippen molar-refractivity contribution in [2.45, 2.75) is 18.4 Å². The number of benzene rings is 2. The molecule has 0 saturated heterocycles. The predicted octanol–water partition coefficient (Wildman–Crippen LogP) is 4.38. The SMILES string of the molecule is CCSc1ccccc1OCc1ccccc1. The zero-order valence-corrected chi connectivity index (χ0v) is 10.7. The molecule has 0 unspecified atom stereocenters. The van der Waals surface area contributed by atoms with E-state index < -0.39 is 0 Å². The van der Waals surface area contributed by atoms with Crippen LogP contribution in [0.3, 0.4) is 0 Å². The molecule has 0 aliphatic rings. The molecule has 17 heavy (non-hydrogen) atoms. The van der Waals surface area contributed by atoms with Gasteiger partial charge in [0.2, 0.25) is 0 Å². The Bertz CT molecular complexity index is 453. The Labute approximate surface area is 107 Å². The lowest BCUT2D eigenvalue weighted by molar-refractivity contribution is 0.299. The van der Waals surface area contributed by atoms with Crippen LogP contribution >= 0.6 is 11.8 Å². The van der Waals surface area contributed by atoms with Crippen molar-refractivity contribution in [1.82, 2.24) is 0 Å².